The van der Waals surface area contributed by atoms with Crippen molar-refractivity contribution in [1.82, 2.24) is 0 Å². The van der Waals surface area contributed by atoms with Gasteiger partial charge in [-0.1, -0.05) is 42.5 Å². The highest BCUT2D eigenvalue weighted by atomic mass is 16.4. The average molecular weight is 411 g/mol. The highest BCUT2D eigenvalue weighted by Gasteiger charge is 2.18. The lowest BCUT2D eigenvalue weighted by Crippen LogP contribution is -2.12. The lowest BCUT2D eigenvalue weighted by atomic mass is 10.0. The van der Waals surface area contributed by atoms with Gasteiger partial charge in [-0.2, -0.15) is 5.11 Å². The van der Waals surface area contributed by atoms with Crippen LogP contribution in [0.15, 0.2) is 95.2 Å². The van der Waals surface area contributed by atoms with Gasteiger partial charge in [0.15, 0.2) is 5.75 Å². The third-order valence-corrected chi connectivity index (χ3v) is 4.65. The molecule has 31 heavy (non-hydrogen) atoms. The van der Waals surface area contributed by atoms with E-state index in [1.807, 2.05) is 36.4 Å². The molecule has 0 aliphatic heterocycles. The second-order valence-corrected chi connectivity index (χ2v) is 6.71. The van der Waals surface area contributed by atoms with Crippen LogP contribution in [0.5, 0.6) is 5.75 Å². The predicted molar refractivity (Wildman–Crippen MR) is 118 cm³/mol. The second kappa shape index (κ2) is 8.46. The molecular weight excluding hydrogens is 394 g/mol. The smallest absolute Gasteiger partial charge is 0.335 e. The van der Waals surface area contributed by atoms with Gasteiger partial charge in [-0.05, 0) is 47.9 Å². The van der Waals surface area contributed by atoms with Crippen LogP contribution in [-0.2, 0) is 0 Å². The summed E-state index contributed by atoms with van der Waals surface area (Å²) in [7, 11) is 0. The van der Waals surface area contributed by atoms with Crippen molar-refractivity contribution < 1.29 is 19.8 Å². The lowest BCUT2D eigenvalue weighted by molar-refractivity contribution is 0.0696. The van der Waals surface area contributed by atoms with E-state index in [0.29, 0.717) is 22.1 Å². The van der Waals surface area contributed by atoms with Crippen molar-refractivity contribution in [3.05, 3.63) is 96.1 Å². The Labute approximate surface area is 177 Å². The molecule has 4 rings (SSSR count). The number of carbonyl (C=O) groups excluding carboxylic acids is 1. The minimum atomic E-state index is -1.06. The summed E-state index contributed by atoms with van der Waals surface area (Å²) >= 11 is 0. The average Bonchev–Trinajstić information content (AvgIpc) is 2.79. The molecule has 0 heterocycles. The maximum atomic E-state index is 12.9. The third kappa shape index (κ3) is 4.25. The third-order valence-electron chi connectivity index (χ3n) is 4.65. The number of carboxylic acids is 1. The Morgan fingerprint density at radius 1 is 0.806 bits per heavy atom. The number of amides is 1. The molecule has 0 aliphatic carbocycles. The van der Waals surface area contributed by atoms with Gasteiger partial charge in [0.1, 0.15) is 5.69 Å². The standard InChI is InChI=1S/C24H17N3O4/c28-22-20(23(29)25-17-12-10-15(11-13-17)24(30)31)14-16-6-4-5-9-19(16)21(22)27-26-18-7-2-1-3-8-18/h1-14,28H,(H,25,29)(H,30,31). The van der Waals surface area contributed by atoms with Crippen LogP contribution in [-0.4, -0.2) is 22.1 Å². The molecule has 0 unspecified atom stereocenters. The number of nitrogens with zero attached hydrogens (tertiary/aromatic N) is 2. The molecule has 4 aromatic carbocycles. The number of carboxylic acid groups (broad SMARTS) is 1. The molecule has 0 aliphatic rings. The number of nitrogens with one attached hydrogen (secondary N) is 1. The molecule has 3 N–H and O–H groups in total. The molecule has 7 heteroatoms. The first kappa shape index (κ1) is 19.8. The first-order chi connectivity index (χ1) is 15.0. The molecule has 0 saturated heterocycles. The van der Waals surface area contributed by atoms with Gasteiger partial charge in [-0.15, -0.1) is 5.11 Å². The van der Waals surface area contributed by atoms with E-state index in [4.69, 9.17) is 5.11 Å². The monoisotopic (exact) mass is 411 g/mol. The van der Waals surface area contributed by atoms with E-state index in [9.17, 15) is 14.7 Å². The lowest BCUT2D eigenvalue weighted by Gasteiger charge is -2.11. The topological polar surface area (TPSA) is 111 Å². The first-order valence-electron chi connectivity index (χ1n) is 9.39. The quantitative estimate of drug-likeness (QED) is 0.354. The number of azo groups is 1. The Hall–Kier alpha value is -4.52. The van der Waals surface area contributed by atoms with Gasteiger partial charge in [-0.3, -0.25) is 4.79 Å². The van der Waals surface area contributed by atoms with Crippen LogP contribution in [0.3, 0.4) is 0 Å². The number of benzene rings is 4. The van der Waals surface area contributed by atoms with Gasteiger partial charge in [0.05, 0.1) is 16.8 Å². The van der Waals surface area contributed by atoms with Gasteiger partial charge < -0.3 is 15.5 Å². The Kier molecular flexibility index (Phi) is 5.40. The molecule has 7 nitrogen and oxygen atoms in total. The van der Waals surface area contributed by atoms with Crippen molar-refractivity contribution in [2.45, 2.75) is 0 Å². The summed E-state index contributed by atoms with van der Waals surface area (Å²) in [5.74, 6) is -1.90. The Balaban J connectivity index is 1.72. The molecule has 4 aromatic rings. The van der Waals surface area contributed by atoms with Crippen LogP contribution in [0.4, 0.5) is 17.1 Å². The number of aromatic hydroxyl groups is 1. The second-order valence-electron chi connectivity index (χ2n) is 6.71. The molecule has 0 bridgehead atoms. The van der Waals surface area contributed by atoms with Crippen molar-refractivity contribution in [1.29, 1.82) is 0 Å². The van der Waals surface area contributed by atoms with Gasteiger partial charge in [-0.25, -0.2) is 4.79 Å². The summed E-state index contributed by atoms with van der Waals surface area (Å²) in [6.07, 6.45) is 0. The molecule has 1 amide bonds. The van der Waals surface area contributed by atoms with E-state index in [0.717, 1.165) is 0 Å². The summed E-state index contributed by atoms with van der Waals surface area (Å²) in [6.45, 7) is 0. The minimum Gasteiger partial charge on any atom is -0.505 e. The van der Waals surface area contributed by atoms with Gasteiger partial charge in [0.2, 0.25) is 0 Å². The van der Waals surface area contributed by atoms with E-state index in [1.165, 1.54) is 24.3 Å². The van der Waals surface area contributed by atoms with E-state index < -0.39 is 11.9 Å². The van der Waals surface area contributed by atoms with Crippen molar-refractivity contribution in [3.63, 3.8) is 0 Å². The molecule has 0 radical (unpaired) electrons. The van der Waals surface area contributed by atoms with E-state index >= 15 is 0 Å². The first-order valence-corrected chi connectivity index (χ1v) is 9.39. The zero-order valence-electron chi connectivity index (χ0n) is 16.2. The van der Waals surface area contributed by atoms with Crippen molar-refractivity contribution in [2.75, 3.05) is 5.32 Å². The van der Waals surface area contributed by atoms with Crippen molar-refractivity contribution >= 4 is 39.7 Å². The molecule has 0 spiro atoms. The predicted octanol–water partition coefficient (Wildman–Crippen LogP) is 5.91. The molecule has 0 aromatic heterocycles. The largest absolute Gasteiger partial charge is 0.505 e. The summed E-state index contributed by atoms with van der Waals surface area (Å²) in [6, 6.07) is 23.6. The SMILES string of the molecule is O=C(O)c1ccc(NC(=O)c2cc3ccccc3c(N=Nc3ccccc3)c2O)cc1. The van der Waals surface area contributed by atoms with Gasteiger partial charge >= 0.3 is 5.97 Å². The normalized spacial score (nSPS) is 11.0. The fourth-order valence-corrected chi connectivity index (χ4v) is 3.09. The molecule has 0 atom stereocenters. The van der Waals surface area contributed by atoms with E-state index in [2.05, 4.69) is 15.5 Å². The van der Waals surface area contributed by atoms with Crippen LogP contribution >= 0.6 is 0 Å². The van der Waals surface area contributed by atoms with Crippen molar-refractivity contribution in [3.8, 4) is 5.75 Å². The molecule has 152 valence electrons. The van der Waals surface area contributed by atoms with Gasteiger partial charge in [0, 0.05) is 11.1 Å². The van der Waals surface area contributed by atoms with E-state index in [-0.39, 0.29) is 22.6 Å². The number of anilines is 1. The van der Waals surface area contributed by atoms with Crippen LogP contribution < -0.4 is 5.32 Å². The van der Waals surface area contributed by atoms with Crippen LogP contribution in [0.25, 0.3) is 10.8 Å². The zero-order valence-corrected chi connectivity index (χ0v) is 16.2. The van der Waals surface area contributed by atoms with Crippen LogP contribution in [0.1, 0.15) is 20.7 Å². The summed E-state index contributed by atoms with van der Waals surface area (Å²) in [4.78, 5) is 23.9. The Morgan fingerprint density at radius 3 is 2.19 bits per heavy atom. The summed E-state index contributed by atoms with van der Waals surface area (Å²) < 4.78 is 0. The van der Waals surface area contributed by atoms with Crippen molar-refractivity contribution in [2.24, 2.45) is 10.2 Å². The molecule has 0 saturated carbocycles. The molecule has 0 fully saturated rings. The number of hydrogen-bond donors (Lipinski definition) is 3. The van der Waals surface area contributed by atoms with Gasteiger partial charge in [0.25, 0.3) is 5.91 Å². The number of aromatic carboxylic acids is 1. The van der Waals surface area contributed by atoms with Crippen LogP contribution in [0.2, 0.25) is 0 Å². The van der Waals surface area contributed by atoms with Crippen LogP contribution in [0, 0.1) is 0 Å². The minimum absolute atomic E-state index is 0.0306. The zero-order chi connectivity index (χ0) is 21.8. The Morgan fingerprint density at radius 2 is 1.48 bits per heavy atom. The Bertz CT molecular complexity index is 1300. The number of carbonyl (C=O) groups is 2. The summed E-state index contributed by atoms with van der Waals surface area (Å²) in [5.41, 5.74) is 1.33. The maximum Gasteiger partial charge on any atom is 0.335 e. The maximum absolute atomic E-state index is 12.9. The van der Waals surface area contributed by atoms with E-state index in [1.54, 1.807) is 24.3 Å². The molecular formula is C24H17N3O4. The fourth-order valence-electron chi connectivity index (χ4n) is 3.09. The number of rotatable bonds is 5. The summed E-state index contributed by atoms with van der Waals surface area (Å²) in [5, 5.41) is 32.3. The number of hydrogen-bond acceptors (Lipinski definition) is 5. The number of fused-ring (bicyclic) bond motifs is 1. The number of phenols is 1. The fraction of sp³-hybridized carbons (Fsp3) is 0. The number of phenolic OH excluding ortho intramolecular Hbond substituents is 1. The highest BCUT2D eigenvalue weighted by Crippen LogP contribution is 2.39. The highest BCUT2D eigenvalue weighted by molar-refractivity contribution is 6.11.